The highest BCUT2D eigenvalue weighted by Gasteiger charge is 2.45. The maximum Gasteiger partial charge on any atom is 0.316 e. The van der Waals surface area contributed by atoms with Gasteiger partial charge in [0, 0.05) is 49.8 Å². The van der Waals surface area contributed by atoms with Crippen LogP contribution in [0.3, 0.4) is 0 Å². The molecule has 1 amide bonds. The van der Waals surface area contributed by atoms with Crippen LogP contribution in [-0.4, -0.2) is 68.1 Å². The van der Waals surface area contributed by atoms with Crippen LogP contribution in [0.2, 0.25) is 5.02 Å². The van der Waals surface area contributed by atoms with Crippen molar-refractivity contribution in [3.8, 4) is 0 Å². The van der Waals surface area contributed by atoms with Crippen molar-refractivity contribution in [2.75, 3.05) is 24.5 Å². The minimum Gasteiger partial charge on any atom is -0.351 e. The average molecular weight is 512 g/mol. The van der Waals surface area contributed by atoms with Gasteiger partial charge in [0.2, 0.25) is 5.91 Å². The van der Waals surface area contributed by atoms with Crippen LogP contribution in [0.5, 0.6) is 0 Å². The van der Waals surface area contributed by atoms with Gasteiger partial charge in [0.1, 0.15) is 11.8 Å². The number of aryl methyl sites for hydroxylation is 1. The van der Waals surface area contributed by atoms with E-state index in [1.165, 1.54) is 10.9 Å². The number of carbonyl (C=O) groups excluding carboxylic acids is 1. The summed E-state index contributed by atoms with van der Waals surface area (Å²) in [6, 6.07) is 7.82. The van der Waals surface area contributed by atoms with E-state index in [1.807, 2.05) is 24.3 Å². The van der Waals surface area contributed by atoms with Crippen molar-refractivity contribution in [3.05, 3.63) is 61.9 Å². The fourth-order valence-corrected chi connectivity index (χ4v) is 5.55. The number of benzene rings is 1. The number of aromatic amines is 1. The van der Waals surface area contributed by atoms with E-state index in [-0.39, 0.29) is 30.0 Å². The monoisotopic (exact) mass is 511 g/mol. The molecule has 3 aromatic rings. The molecule has 0 spiro atoms. The molecule has 3 unspecified atom stereocenters. The Morgan fingerprint density at radius 3 is 2.44 bits per heavy atom. The first-order chi connectivity index (χ1) is 17.2. The Bertz CT molecular complexity index is 1390. The van der Waals surface area contributed by atoms with Crippen molar-refractivity contribution < 1.29 is 4.79 Å². The topological polar surface area (TPSA) is 116 Å². The van der Waals surface area contributed by atoms with Crippen molar-refractivity contribution >= 4 is 34.5 Å². The molecule has 2 N–H and O–H groups in total. The number of H-pyrrole nitrogens is 1. The van der Waals surface area contributed by atoms with Gasteiger partial charge in [-0.05, 0) is 30.5 Å². The summed E-state index contributed by atoms with van der Waals surface area (Å²) in [5.41, 5.74) is 0.384. The maximum atomic E-state index is 14.0. The Morgan fingerprint density at radius 2 is 1.81 bits per heavy atom. The highest BCUT2D eigenvalue weighted by molar-refractivity contribution is 6.30. The zero-order chi connectivity index (χ0) is 25.6. The van der Waals surface area contributed by atoms with E-state index in [4.69, 9.17) is 11.6 Å². The molecule has 36 heavy (non-hydrogen) atoms. The third-order valence-corrected chi connectivity index (χ3v) is 7.46. The molecule has 0 radical (unpaired) electrons. The molecule has 190 valence electrons. The van der Waals surface area contributed by atoms with Crippen molar-refractivity contribution in [1.29, 1.82) is 0 Å². The van der Waals surface area contributed by atoms with Crippen LogP contribution in [0.15, 0.2) is 40.2 Å². The molecular formula is C25H30ClN7O3. The summed E-state index contributed by atoms with van der Waals surface area (Å²) in [6.45, 7) is 5.86. The minimum absolute atomic E-state index is 0.0231. The normalized spacial score (nSPS) is 20.4. The summed E-state index contributed by atoms with van der Waals surface area (Å²) in [5.74, 6) is 0.391. The maximum absolute atomic E-state index is 14.0. The second kappa shape index (κ2) is 9.67. The van der Waals surface area contributed by atoms with E-state index in [2.05, 4.69) is 43.9 Å². The Kier molecular flexibility index (Phi) is 6.57. The zero-order valence-corrected chi connectivity index (χ0v) is 21.3. The lowest BCUT2D eigenvalue weighted by Crippen LogP contribution is -2.58. The number of hydrogen-bond donors (Lipinski definition) is 2. The predicted octanol–water partition coefficient (Wildman–Crippen LogP) is 1.63. The van der Waals surface area contributed by atoms with E-state index in [0.29, 0.717) is 41.6 Å². The van der Waals surface area contributed by atoms with E-state index < -0.39 is 11.1 Å². The van der Waals surface area contributed by atoms with E-state index in [1.54, 1.807) is 7.05 Å². The number of hydrogen-bond acceptors (Lipinski definition) is 7. The first-order valence-corrected chi connectivity index (χ1v) is 12.6. The second-order valence-corrected chi connectivity index (χ2v) is 10.4. The number of carbonyl (C=O) groups is 1. The molecule has 4 heterocycles. The lowest BCUT2D eigenvalue weighted by atomic mass is 9.95. The van der Waals surface area contributed by atoms with Crippen LogP contribution in [-0.2, 0) is 11.8 Å². The number of aromatic nitrogens is 4. The fraction of sp³-hybridized carbons (Fsp3) is 0.480. The second-order valence-electron chi connectivity index (χ2n) is 9.92. The molecule has 3 atom stereocenters. The lowest BCUT2D eigenvalue weighted by molar-refractivity contribution is -0.136. The molecule has 2 saturated heterocycles. The van der Waals surface area contributed by atoms with Crippen LogP contribution in [0.1, 0.15) is 38.2 Å². The molecule has 2 aromatic heterocycles. The molecule has 1 aromatic carbocycles. The summed E-state index contributed by atoms with van der Waals surface area (Å²) in [4.78, 5) is 53.6. The molecule has 2 bridgehead atoms. The van der Waals surface area contributed by atoms with Gasteiger partial charge in [-0.2, -0.15) is 0 Å². The van der Waals surface area contributed by atoms with Crippen LogP contribution in [0, 0.1) is 0 Å². The van der Waals surface area contributed by atoms with E-state index in [9.17, 15) is 14.4 Å². The number of piperazine rings is 1. The standard InChI is InChI=1S/C25H30ClN7O3/c1-14(2)27-10-19(15-4-6-16(26)7-5-15)24(35)33-17-8-9-18(33)12-32(11-17)22-20-21(28-13-29-22)30-23(34)25(36)31(20)3/h4-7,13-14,17-19,27H,8-12H2,1-3H3,(H,28,29,30,34). The van der Waals surface area contributed by atoms with E-state index in [0.717, 1.165) is 18.4 Å². The van der Waals surface area contributed by atoms with Gasteiger partial charge in [-0.15, -0.1) is 0 Å². The Balaban J connectivity index is 1.44. The number of fused-ring (bicyclic) bond motifs is 3. The molecule has 2 fully saturated rings. The van der Waals surface area contributed by atoms with Crippen LogP contribution in [0.4, 0.5) is 5.82 Å². The van der Waals surface area contributed by atoms with Crippen molar-refractivity contribution in [2.45, 2.75) is 50.7 Å². The summed E-state index contributed by atoms with van der Waals surface area (Å²) < 4.78 is 1.30. The number of amides is 1. The number of anilines is 1. The molecule has 11 heteroatoms. The van der Waals surface area contributed by atoms with Gasteiger partial charge in [-0.25, -0.2) is 9.97 Å². The summed E-state index contributed by atoms with van der Waals surface area (Å²) in [5, 5.41) is 4.07. The molecule has 2 aliphatic rings. The zero-order valence-electron chi connectivity index (χ0n) is 20.6. The van der Waals surface area contributed by atoms with Gasteiger partial charge in [-0.1, -0.05) is 37.6 Å². The number of rotatable bonds is 6. The SMILES string of the molecule is CC(C)NCC(C(=O)N1C2CCC1CN(c1ncnc3[nH]c(=O)c(=O)n(C)c13)C2)c1ccc(Cl)cc1. The first kappa shape index (κ1) is 24.5. The van der Waals surface area contributed by atoms with Crippen molar-refractivity contribution in [2.24, 2.45) is 7.05 Å². The highest BCUT2D eigenvalue weighted by atomic mass is 35.5. The van der Waals surface area contributed by atoms with Crippen molar-refractivity contribution in [1.82, 2.24) is 29.7 Å². The summed E-state index contributed by atoms with van der Waals surface area (Å²) in [6.07, 6.45) is 3.19. The quantitative estimate of drug-likeness (QED) is 0.483. The van der Waals surface area contributed by atoms with Crippen molar-refractivity contribution in [3.63, 3.8) is 0 Å². The third kappa shape index (κ3) is 4.39. The fourth-order valence-electron chi connectivity index (χ4n) is 5.43. The number of halogens is 1. The number of nitrogens with one attached hydrogen (secondary N) is 2. The van der Waals surface area contributed by atoms with Gasteiger partial charge in [0.15, 0.2) is 11.5 Å². The Labute approximate surface area is 213 Å². The molecule has 0 saturated carbocycles. The lowest BCUT2D eigenvalue weighted by Gasteiger charge is -2.43. The first-order valence-electron chi connectivity index (χ1n) is 12.2. The number of nitrogens with zero attached hydrogens (tertiary/aromatic N) is 5. The summed E-state index contributed by atoms with van der Waals surface area (Å²) in [7, 11) is 1.56. The van der Waals surface area contributed by atoms with Crippen LogP contribution < -0.4 is 21.3 Å². The smallest absolute Gasteiger partial charge is 0.316 e. The van der Waals surface area contributed by atoms with Crippen LogP contribution >= 0.6 is 11.6 Å². The third-order valence-electron chi connectivity index (χ3n) is 7.21. The molecular weight excluding hydrogens is 482 g/mol. The average Bonchev–Trinajstić information content (AvgIpc) is 3.12. The van der Waals surface area contributed by atoms with Gasteiger partial charge in [-0.3, -0.25) is 14.4 Å². The van der Waals surface area contributed by atoms with Gasteiger partial charge in [0.25, 0.3) is 0 Å². The predicted molar refractivity (Wildman–Crippen MR) is 139 cm³/mol. The van der Waals surface area contributed by atoms with Gasteiger partial charge < -0.3 is 24.7 Å². The molecule has 5 rings (SSSR count). The summed E-state index contributed by atoms with van der Waals surface area (Å²) >= 11 is 6.11. The molecule has 2 aliphatic heterocycles. The van der Waals surface area contributed by atoms with Gasteiger partial charge >= 0.3 is 11.1 Å². The van der Waals surface area contributed by atoms with Crippen LogP contribution in [0.25, 0.3) is 11.2 Å². The van der Waals surface area contributed by atoms with E-state index >= 15 is 0 Å². The molecule has 10 nitrogen and oxygen atoms in total. The Morgan fingerprint density at radius 1 is 1.14 bits per heavy atom. The van der Waals surface area contributed by atoms with Gasteiger partial charge in [0.05, 0.1) is 5.92 Å². The highest BCUT2D eigenvalue weighted by Crippen LogP contribution is 2.36. The Hall–Kier alpha value is -3.24. The minimum atomic E-state index is -0.714. The largest absolute Gasteiger partial charge is 0.351 e. The molecule has 0 aliphatic carbocycles.